The van der Waals surface area contributed by atoms with Gasteiger partial charge in [0, 0.05) is 13.0 Å². The van der Waals surface area contributed by atoms with Gasteiger partial charge in [0.15, 0.2) is 6.29 Å². The van der Waals surface area contributed by atoms with E-state index in [0.717, 1.165) is 25.7 Å². The van der Waals surface area contributed by atoms with Crippen LogP contribution in [0.1, 0.15) is 149 Å². The van der Waals surface area contributed by atoms with Crippen LogP contribution in [-0.4, -0.2) is 97.5 Å². The number of unbranched alkanes of at least 4 members (excludes halogenated alkanes) is 18. The van der Waals surface area contributed by atoms with Crippen molar-refractivity contribution in [2.45, 2.75) is 185 Å². The van der Waals surface area contributed by atoms with E-state index in [4.69, 9.17) is 23.5 Å². The molecular formula is C34H66O12S. The fourth-order valence-electron chi connectivity index (χ4n) is 5.65. The molecule has 12 nitrogen and oxygen atoms in total. The molecule has 0 radical (unpaired) electrons. The quantitative estimate of drug-likeness (QED) is 0.0390. The first-order valence-corrected chi connectivity index (χ1v) is 19.7. The Bertz CT molecular complexity index is 858. The Morgan fingerprint density at radius 2 is 1.21 bits per heavy atom. The number of ether oxygens (including phenoxy) is 4. The minimum absolute atomic E-state index is 0.0383. The summed E-state index contributed by atoms with van der Waals surface area (Å²) in [6.45, 7) is 3.72. The molecule has 0 aromatic rings. The molecule has 1 aliphatic heterocycles. The number of rotatable bonds is 31. The van der Waals surface area contributed by atoms with Crippen molar-refractivity contribution >= 4 is 16.4 Å². The summed E-state index contributed by atoms with van der Waals surface area (Å²) in [6.07, 6.45) is 15.7. The summed E-state index contributed by atoms with van der Waals surface area (Å²) in [6, 6.07) is 0. The van der Waals surface area contributed by atoms with Gasteiger partial charge in [-0.2, -0.15) is 8.42 Å². The molecule has 6 atom stereocenters. The summed E-state index contributed by atoms with van der Waals surface area (Å²) in [7, 11) is -5.04. The third-order valence-electron chi connectivity index (χ3n) is 8.48. The predicted molar refractivity (Wildman–Crippen MR) is 179 cm³/mol. The molecule has 0 amide bonds. The van der Waals surface area contributed by atoms with Crippen LogP contribution in [0.25, 0.3) is 0 Å². The molecule has 6 unspecified atom stereocenters. The maximum absolute atomic E-state index is 12.3. The summed E-state index contributed by atoms with van der Waals surface area (Å²) >= 11 is 0. The van der Waals surface area contributed by atoms with Crippen molar-refractivity contribution in [3.8, 4) is 0 Å². The maximum atomic E-state index is 12.3. The van der Waals surface area contributed by atoms with E-state index < -0.39 is 59.8 Å². The topological polar surface area (TPSA) is 178 Å². The molecule has 4 N–H and O–H groups in total. The highest BCUT2D eigenvalue weighted by molar-refractivity contribution is 7.80. The van der Waals surface area contributed by atoms with Crippen LogP contribution in [0.4, 0.5) is 0 Å². The van der Waals surface area contributed by atoms with Crippen LogP contribution in [0.2, 0.25) is 0 Å². The lowest BCUT2D eigenvalue weighted by molar-refractivity contribution is -0.301. The average molecular weight is 699 g/mol. The molecule has 47 heavy (non-hydrogen) atoms. The van der Waals surface area contributed by atoms with Gasteiger partial charge < -0.3 is 34.3 Å². The Kier molecular flexibility index (Phi) is 26.2. The monoisotopic (exact) mass is 698 g/mol. The van der Waals surface area contributed by atoms with Crippen molar-refractivity contribution in [3.05, 3.63) is 0 Å². The van der Waals surface area contributed by atoms with Crippen LogP contribution in [0.15, 0.2) is 0 Å². The van der Waals surface area contributed by atoms with Crippen LogP contribution < -0.4 is 0 Å². The molecule has 13 heteroatoms. The minimum Gasteiger partial charge on any atom is -0.457 e. The molecule has 0 aromatic heterocycles. The molecule has 1 saturated heterocycles. The second-order valence-electron chi connectivity index (χ2n) is 12.8. The number of carbonyl (C=O) groups is 1. The lowest BCUT2D eigenvalue weighted by atomic mass is 9.99. The molecule has 0 aliphatic carbocycles. The molecule has 280 valence electrons. The lowest BCUT2D eigenvalue weighted by Gasteiger charge is -2.41. The first-order valence-electron chi connectivity index (χ1n) is 18.3. The second-order valence-corrected chi connectivity index (χ2v) is 13.9. The number of hydrogen-bond donors (Lipinski definition) is 4. The Morgan fingerprint density at radius 3 is 1.68 bits per heavy atom. The highest BCUT2D eigenvalue weighted by atomic mass is 32.3. The highest BCUT2D eigenvalue weighted by Gasteiger charge is 2.48. The largest absolute Gasteiger partial charge is 0.457 e. The Morgan fingerprint density at radius 1 is 0.723 bits per heavy atom. The van der Waals surface area contributed by atoms with E-state index in [2.05, 4.69) is 11.1 Å². The van der Waals surface area contributed by atoms with Crippen LogP contribution in [-0.2, 0) is 38.3 Å². The third kappa shape index (κ3) is 22.4. The normalized spacial score (nSPS) is 22.4. The number of esters is 1. The summed E-state index contributed by atoms with van der Waals surface area (Å²) < 4.78 is 58.1. The smallest absolute Gasteiger partial charge is 0.397 e. The van der Waals surface area contributed by atoms with E-state index in [0.29, 0.717) is 13.0 Å². The van der Waals surface area contributed by atoms with Gasteiger partial charge >= 0.3 is 16.4 Å². The van der Waals surface area contributed by atoms with Gasteiger partial charge in [-0.3, -0.25) is 9.35 Å². The minimum atomic E-state index is -5.04. The zero-order valence-corrected chi connectivity index (χ0v) is 29.9. The van der Waals surface area contributed by atoms with E-state index in [1.165, 1.54) is 96.3 Å². The van der Waals surface area contributed by atoms with Crippen LogP contribution >= 0.6 is 0 Å². The van der Waals surface area contributed by atoms with Crippen LogP contribution in [0.3, 0.4) is 0 Å². The molecule has 1 fully saturated rings. The van der Waals surface area contributed by atoms with Gasteiger partial charge in [-0.15, -0.1) is 0 Å². The molecule has 1 rings (SSSR count). The molecule has 0 aromatic carbocycles. The fraction of sp³-hybridized carbons (Fsp3) is 0.971. The average Bonchev–Trinajstić information content (AvgIpc) is 3.03. The molecule has 0 spiro atoms. The van der Waals surface area contributed by atoms with Gasteiger partial charge in [0.1, 0.15) is 30.5 Å². The van der Waals surface area contributed by atoms with E-state index in [9.17, 15) is 28.5 Å². The first kappa shape index (κ1) is 44.1. The Balaban J connectivity index is 2.27. The Labute approximate surface area is 284 Å². The number of hydrogen-bond acceptors (Lipinski definition) is 11. The van der Waals surface area contributed by atoms with Crippen molar-refractivity contribution in [1.29, 1.82) is 0 Å². The highest BCUT2D eigenvalue weighted by Crippen LogP contribution is 2.26. The molecule has 1 heterocycles. The SMILES string of the molecule is CCCCCCCCCCCCCCCCCCCCOCC(COC1OC(CO)C(O)C(OS(=O)(=O)O)C1O)OC(=O)CCCC. The predicted octanol–water partition coefficient (Wildman–Crippen LogP) is 5.79. The number of carbonyl (C=O) groups excluding carboxylic acids is 1. The second kappa shape index (κ2) is 27.9. The van der Waals surface area contributed by atoms with Gasteiger partial charge in [0.2, 0.25) is 0 Å². The van der Waals surface area contributed by atoms with Gasteiger partial charge in [0.25, 0.3) is 0 Å². The van der Waals surface area contributed by atoms with Crippen molar-refractivity contribution in [1.82, 2.24) is 0 Å². The molecule has 0 saturated carbocycles. The van der Waals surface area contributed by atoms with Gasteiger partial charge in [-0.05, 0) is 12.8 Å². The third-order valence-corrected chi connectivity index (χ3v) is 8.94. The van der Waals surface area contributed by atoms with Gasteiger partial charge in [-0.1, -0.05) is 129 Å². The maximum Gasteiger partial charge on any atom is 0.397 e. The van der Waals surface area contributed by atoms with Crippen LogP contribution in [0.5, 0.6) is 0 Å². The Hall–Kier alpha value is -0.900. The summed E-state index contributed by atoms with van der Waals surface area (Å²) in [5.74, 6) is -0.432. The van der Waals surface area contributed by atoms with Crippen molar-refractivity contribution in [2.75, 3.05) is 26.4 Å². The first-order chi connectivity index (χ1) is 22.6. The number of aliphatic hydroxyl groups is 3. The summed E-state index contributed by atoms with van der Waals surface area (Å²) in [5.41, 5.74) is 0. The number of aliphatic hydroxyl groups excluding tert-OH is 3. The molecule has 1 aliphatic rings. The zero-order chi connectivity index (χ0) is 34.8. The standard InChI is InChI=1S/C34H66O12S/c1-3-5-7-8-9-10-11-12-13-14-15-16-17-18-19-20-21-22-24-42-26-28(44-30(36)23-6-4-2)27-43-34-32(38)33(46-47(39,40)41)31(37)29(25-35)45-34/h28-29,31-35,37-38H,3-27H2,1-2H3,(H,39,40,41). The molecule has 0 bridgehead atoms. The van der Waals surface area contributed by atoms with Gasteiger partial charge in [0.05, 0.1) is 19.8 Å². The van der Waals surface area contributed by atoms with Crippen molar-refractivity contribution in [3.63, 3.8) is 0 Å². The zero-order valence-electron chi connectivity index (χ0n) is 29.1. The molecular weight excluding hydrogens is 632 g/mol. The summed E-state index contributed by atoms with van der Waals surface area (Å²) in [5, 5.41) is 30.2. The lowest BCUT2D eigenvalue weighted by Crippen LogP contribution is -2.60. The van der Waals surface area contributed by atoms with Crippen LogP contribution in [0, 0.1) is 0 Å². The van der Waals surface area contributed by atoms with Gasteiger partial charge in [-0.25, -0.2) is 4.18 Å². The van der Waals surface area contributed by atoms with E-state index in [1.54, 1.807) is 0 Å². The van der Waals surface area contributed by atoms with E-state index in [1.807, 2.05) is 6.92 Å². The van der Waals surface area contributed by atoms with Crippen molar-refractivity contribution < 1.29 is 56.2 Å². The fourth-order valence-corrected chi connectivity index (χ4v) is 6.16. The van der Waals surface area contributed by atoms with Crippen molar-refractivity contribution in [2.24, 2.45) is 0 Å². The van der Waals surface area contributed by atoms with E-state index >= 15 is 0 Å². The van der Waals surface area contributed by atoms with E-state index in [-0.39, 0.29) is 19.6 Å². The summed E-state index contributed by atoms with van der Waals surface area (Å²) in [4.78, 5) is 12.3.